The van der Waals surface area contributed by atoms with Gasteiger partial charge in [0.2, 0.25) is 0 Å². The quantitative estimate of drug-likeness (QED) is 0.119. The zero-order chi connectivity index (χ0) is 31.8. The van der Waals surface area contributed by atoms with Gasteiger partial charge >= 0.3 is 11.9 Å². The molecule has 0 saturated carbocycles. The van der Waals surface area contributed by atoms with E-state index in [9.17, 15) is 14.4 Å². The van der Waals surface area contributed by atoms with Crippen molar-refractivity contribution in [2.24, 2.45) is 4.99 Å². The third-order valence-corrected chi connectivity index (χ3v) is 7.80. The molecule has 11 heteroatoms. The molecule has 0 N–H and O–H groups in total. The summed E-state index contributed by atoms with van der Waals surface area (Å²) in [4.78, 5) is 44.0. The summed E-state index contributed by atoms with van der Waals surface area (Å²) in [7, 11) is 3.01. The molecule has 1 aromatic heterocycles. The van der Waals surface area contributed by atoms with Crippen LogP contribution in [-0.4, -0.2) is 43.9 Å². The van der Waals surface area contributed by atoms with Crippen LogP contribution in [0.2, 0.25) is 0 Å². The van der Waals surface area contributed by atoms with Gasteiger partial charge in [-0.2, -0.15) is 0 Å². The smallest absolute Gasteiger partial charge is 0.338 e. The van der Waals surface area contributed by atoms with Crippen molar-refractivity contribution in [3.63, 3.8) is 0 Å². The Bertz CT molecular complexity index is 1770. The van der Waals surface area contributed by atoms with E-state index < -0.39 is 18.0 Å². The summed E-state index contributed by atoms with van der Waals surface area (Å²) in [6.45, 7) is 9.31. The molecule has 0 fully saturated rings. The minimum absolute atomic E-state index is 0.0123. The van der Waals surface area contributed by atoms with E-state index in [2.05, 4.69) is 18.5 Å². The lowest BCUT2D eigenvalue weighted by atomic mass is 9.95. The predicted molar refractivity (Wildman–Crippen MR) is 167 cm³/mol. The van der Waals surface area contributed by atoms with Gasteiger partial charge in [0.05, 0.1) is 42.7 Å². The third kappa shape index (κ3) is 7.11. The maximum atomic E-state index is 14.0. The maximum Gasteiger partial charge on any atom is 0.338 e. The number of carbonyl (C=O) groups excluding carboxylic acids is 2. The maximum absolute atomic E-state index is 14.0. The van der Waals surface area contributed by atoms with Crippen molar-refractivity contribution in [2.75, 3.05) is 27.4 Å². The second-order valence-electron chi connectivity index (χ2n) is 9.94. The zero-order valence-corrected chi connectivity index (χ0v) is 26.3. The Labute approximate surface area is 259 Å². The summed E-state index contributed by atoms with van der Waals surface area (Å²) < 4.78 is 29.5. The monoisotopic (exact) mass is 620 g/mol. The number of rotatable bonds is 13. The van der Waals surface area contributed by atoms with E-state index in [1.165, 1.54) is 36.0 Å². The van der Waals surface area contributed by atoms with Crippen LogP contribution in [0.5, 0.6) is 23.0 Å². The van der Waals surface area contributed by atoms with Crippen LogP contribution in [0.25, 0.3) is 6.08 Å². The Morgan fingerprint density at radius 1 is 1.05 bits per heavy atom. The Balaban J connectivity index is 1.83. The number of unbranched alkanes of at least 4 members (excludes halogenated alkanes) is 2. The average Bonchev–Trinajstić information content (AvgIpc) is 3.31. The van der Waals surface area contributed by atoms with Crippen LogP contribution in [-0.2, 0) is 14.3 Å². The second-order valence-corrected chi connectivity index (χ2v) is 10.9. The minimum atomic E-state index is -0.889. The number of benzene rings is 2. The number of hydrogen-bond acceptors (Lipinski definition) is 10. The highest BCUT2D eigenvalue weighted by atomic mass is 32.1. The molecule has 1 aliphatic rings. The average molecular weight is 621 g/mol. The van der Waals surface area contributed by atoms with E-state index in [0.29, 0.717) is 38.7 Å². The van der Waals surface area contributed by atoms with Crippen molar-refractivity contribution in [1.29, 1.82) is 0 Å². The van der Waals surface area contributed by atoms with Crippen molar-refractivity contribution in [2.45, 2.75) is 46.1 Å². The highest BCUT2D eigenvalue weighted by Gasteiger charge is 2.34. The minimum Gasteiger partial charge on any atom is -0.493 e. The molecule has 3 aromatic rings. The molecule has 1 aliphatic heterocycles. The van der Waals surface area contributed by atoms with E-state index in [1.807, 2.05) is 18.2 Å². The van der Waals surface area contributed by atoms with Gasteiger partial charge in [0, 0.05) is 6.92 Å². The molecule has 10 nitrogen and oxygen atoms in total. The topological polar surface area (TPSA) is 115 Å². The first-order valence-electron chi connectivity index (χ1n) is 14.2. The summed E-state index contributed by atoms with van der Waals surface area (Å²) in [5, 5.41) is 0. The second kappa shape index (κ2) is 14.7. The summed E-state index contributed by atoms with van der Waals surface area (Å²) in [5.41, 5.74) is 1.53. The number of methoxy groups -OCH3 is 2. The molecule has 0 saturated heterocycles. The predicted octanol–water partition coefficient (Wildman–Crippen LogP) is 4.48. The largest absolute Gasteiger partial charge is 0.493 e. The number of thiazole rings is 1. The van der Waals surface area contributed by atoms with Gasteiger partial charge in [0.25, 0.3) is 5.56 Å². The fourth-order valence-corrected chi connectivity index (χ4v) is 5.83. The molecule has 0 bridgehead atoms. The lowest BCUT2D eigenvalue weighted by Crippen LogP contribution is -2.40. The van der Waals surface area contributed by atoms with Crippen molar-refractivity contribution < 1.29 is 33.3 Å². The molecule has 0 aliphatic carbocycles. The first-order chi connectivity index (χ1) is 21.2. The van der Waals surface area contributed by atoms with E-state index in [0.717, 1.165) is 24.8 Å². The molecule has 2 heterocycles. The van der Waals surface area contributed by atoms with Gasteiger partial charge in [0.15, 0.2) is 27.8 Å². The summed E-state index contributed by atoms with van der Waals surface area (Å²) >= 11 is 1.20. The van der Waals surface area contributed by atoms with Crippen LogP contribution < -0.4 is 33.8 Å². The SMILES string of the molecule is C=CCOC(=O)C1=C(C)N=c2sc(=Cc3ccc(OCCCCC)c(OC)c3)c(=O)n2C1c1ccc(OC(C)=O)c(OC)c1. The van der Waals surface area contributed by atoms with Gasteiger partial charge in [-0.3, -0.25) is 14.2 Å². The molecule has 0 radical (unpaired) electrons. The van der Waals surface area contributed by atoms with Crippen LogP contribution in [0.1, 0.15) is 57.2 Å². The molecule has 232 valence electrons. The Hall–Kier alpha value is -4.64. The highest BCUT2D eigenvalue weighted by molar-refractivity contribution is 7.07. The van der Waals surface area contributed by atoms with Gasteiger partial charge < -0.3 is 23.7 Å². The Kier molecular flexibility index (Phi) is 10.8. The van der Waals surface area contributed by atoms with Gasteiger partial charge in [-0.1, -0.05) is 55.9 Å². The molecule has 2 aromatic carbocycles. The van der Waals surface area contributed by atoms with Crippen molar-refractivity contribution in [3.05, 3.63) is 91.1 Å². The molecule has 0 amide bonds. The lowest BCUT2D eigenvalue weighted by molar-refractivity contribution is -0.138. The van der Waals surface area contributed by atoms with Crippen LogP contribution >= 0.6 is 11.3 Å². The molecule has 1 unspecified atom stereocenters. The van der Waals surface area contributed by atoms with E-state index in [1.54, 1.807) is 38.3 Å². The normalized spacial score (nSPS) is 14.4. The fraction of sp³-hybridized carbons (Fsp3) is 0.333. The molecule has 4 rings (SSSR count). The molecule has 1 atom stereocenters. The molecule has 44 heavy (non-hydrogen) atoms. The lowest BCUT2D eigenvalue weighted by Gasteiger charge is -2.25. The number of esters is 2. The van der Waals surface area contributed by atoms with Crippen LogP contribution in [0.15, 0.2) is 70.1 Å². The van der Waals surface area contributed by atoms with Gasteiger partial charge in [-0.15, -0.1) is 0 Å². The highest BCUT2D eigenvalue weighted by Crippen LogP contribution is 2.36. The number of fused-ring (bicyclic) bond motifs is 1. The standard InChI is InChI=1S/C33H36N2O8S/c1-7-9-10-16-41-24-13-11-22(17-26(24)39-5)18-28-31(37)35-30(23-12-14-25(43-21(4)36)27(19-23)40-6)29(32(38)42-15-8-2)20(3)34-33(35)44-28/h8,11-14,17-19,30H,2,7,9-10,15-16H2,1,3-6H3. The number of carbonyl (C=O) groups is 2. The molecular weight excluding hydrogens is 584 g/mol. The Morgan fingerprint density at radius 2 is 1.77 bits per heavy atom. The zero-order valence-electron chi connectivity index (χ0n) is 25.5. The Morgan fingerprint density at radius 3 is 2.45 bits per heavy atom. The molecular formula is C33H36N2O8S. The van der Waals surface area contributed by atoms with Crippen molar-refractivity contribution in [1.82, 2.24) is 4.57 Å². The van der Waals surface area contributed by atoms with E-state index in [4.69, 9.17) is 23.7 Å². The summed E-state index contributed by atoms with van der Waals surface area (Å²) in [5.74, 6) is 0.515. The van der Waals surface area contributed by atoms with Crippen LogP contribution in [0.3, 0.4) is 0 Å². The number of nitrogens with zero attached hydrogens (tertiary/aromatic N) is 2. The van der Waals surface area contributed by atoms with Crippen molar-refractivity contribution >= 4 is 29.4 Å². The van der Waals surface area contributed by atoms with Gasteiger partial charge in [0.1, 0.15) is 6.61 Å². The summed E-state index contributed by atoms with van der Waals surface area (Å²) in [6, 6.07) is 9.47. The van der Waals surface area contributed by atoms with Gasteiger partial charge in [-0.25, -0.2) is 9.79 Å². The number of aromatic nitrogens is 1. The summed E-state index contributed by atoms with van der Waals surface area (Å²) in [6.07, 6.45) is 6.35. The fourth-order valence-electron chi connectivity index (χ4n) is 4.78. The third-order valence-electron chi connectivity index (χ3n) is 6.82. The van der Waals surface area contributed by atoms with Crippen LogP contribution in [0, 0.1) is 0 Å². The van der Waals surface area contributed by atoms with Crippen molar-refractivity contribution in [3.8, 4) is 23.0 Å². The first-order valence-corrected chi connectivity index (χ1v) is 15.0. The van der Waals surface area contributed by atoms with E-state index >= 15 is 0 Å². The number of ether oxygens (including phenoxy) is 5. The molecule has 0 spiro atoms. The van der Waals surface area contributed by atoms with E-state index in [-0.39, 0.29) is 29.2 Å². The van der Waals surface area contributed by atoms with Gasteiger partial charge in [-0.05, 0) is 54.8 Å². The first kappa shape index (κ1) is 32.3. The van der Waals surface area contributed by atoms with Crippen LogP contribution in [0.4, 0.5) is 0 Å². The number of allylic oxidation sites excluding steroid dienone is 1. The number of hydrogen-bond donors (Lipinski definition) is 0.